The molecule has 5 aromatic rings. The summed E-state index contributed by atoms with van der Waals surface area (Å²) in [4.78, 5) is 0. The van der Waals surface area contributed by atoms with E-state index >= 15 is 0 Å². The fourth-order valence-corrected chi connectivity index (χ4v) is 6.26. The highest BCUT2D eigenvalue weighted by molar-refractivity contribution is 6.22. The zero-order chi connectivity index (χ0) is 37.4. The van der Waals surface area contributed by atoms with Crippen molar-refractivity contribution in [2.45, 2.75) is 94.9 Å². The maximum absolute atomic E-state index is 6.59. The van der Waals surface area contributed by atoms with E-state index in [1.165, 1.54) is 43.8 Å². The van der Waals surface area contributed by atoms with E-state index in [0.717, 1.165) is 59.8 Å². The zero-order valence-corrected chi connectivity index (χ0v) is 33.5. The van der Waals surface area contributed by atoms with E-state index in [1.54, 1.807) is 0 Å². The monoisotopic (exact) mass is 702 g/mol. The van der Waals surface area contributed by atoms with Gasteiger partial charge >= 0.3 is 0 Å². The van der Waals surface area contributed by atoms with E-state index in [9.17, 15) is 0 Å². The molecule has 52 heavy (non-hydrogen) atoms. The van der Waals surface area contributed by atoms with Crippen molar-refractivity contribution >= 4 is 21.5 Å². The van der Waals surface area contributed by atoms with E-state index in [-0.39, 0.29) is 0 Å². The standard InChI is InChI=1S/C48H62O4/c1-11-31(5)27-49-43-21-17-37(25-45(43)51-29-33(7)13-3)47-39-19-15-35(9)23-41(39)42-24-36(10)16-20-40(42)48(47)38-18-22-44(50-28-32(6)12-2)46(26-38)52-30-34(8)14-4/h15-26,31-34H,11-14,27-30H2,1-10H3. The number of aryl methyl sites for hydroxylation is 2. The molecule has 0 radical (unpaired) electrons. The third kappa shape index (κ3) is 9.24. The van der Waals surface area contributed by atoms with Crippen molar-refractivity contribution in [3.63, 3.8) is 0 Å². The van der Waals surface area contributed by atoms with Gasteiger partial charge in [0.2, 0.25) is 0 Å². The molecular formula is C48H62O4. The molecular weight excluding hydrogens is 641 g/mol. The van der Waals surface area contributed by atoms with Crippen molar-refractivity contribution in [2.75, 3.05) is 26.4 Å². The van der Waals surface area contributed by atoms with Crippen molar-refractivity contribution in [3.05, 3.63) is 83.9 Å². The second-order valence-corrected chi connectivity index (χ2v) is 15.5. The van der Waals surface area contributed by atoms with Gasteiger partial charge in [-0.3, -0.25) is 0 Å². The molecule has 0 saturated carbocycles. The van der Waals surface area contributed by atoms with Gasteiger partial charge in [0.25, 0.3) is 0 Å². The summed E-state index contributed by atoms with van der Waals surface area (Å²) < 4.78 is 26.0. The second kappa shape index (κ2) is 18.0. The van der Waals surface area contributed by atoms with Gasteiger partial charge in [-0.2, -0.15) is 0 Å². The summed E-state index contributed by atoms with van der Waals surface area (Å²) in [6, 6.07) is 26.8. The average molecular weight is 703 g/mol. The molecule has 0 bridgehead atoms. The minimum atomic E-state index is 0.434. The first-order chi connectivity index (χ1) is 25.1. The Morgan fingerprint density at radius 2 is 0.712 bits per heavy atom. The number of fused-ring (bicyclic) bond motifs is 3. The van der Waals surface area contributed by atoms with Crippen molar-refractivity contribution < 1.29 is 18.9 Å². The molecule has 0 spiro atoms. The molecule has 0 aromatic heterocycles. The van der Waals surface area contributed by atoms with Gasteiger partial charge in [-0.15, -0.1) is 0 Å². The summed E-state index contributed by atoms with van der Waals surface area (Å²) in [7, 11) is 0. The van der Waals surface area contributed by atoms with E-state index in [2.05, 4.69) is 142 Å². The molecule has 0 aliphatic carbocycles. The number of hydrogen-bond donors (Lipinski definition) is 0. The molecule has 0 fully saturated rings. The minimum Gasteiger partial charge on any atom is -0.489 e. The summed E-state index contributed by atoms with van der Waals surface area (Å²) >= 11 is 0. The van der Waals surface area contributed by atoms with E-state index in [1.807, 2.05) is 0 Å². The van der Waals surface area contributed by atoms with Crippen molar-refractivity contribution in [2.24, 2.45) is 23.7 Å². The molecule has 0 heterocycles. The Morgan fingerprint density at radius 3 is 1.04 bits per heavy atom. The van der Waals surface area contributed by atoms with Crippen LogP contribution in [0.4, 0.5) is 0 Å². The molecule has 4 unspecified atom stereocenters. The molecule has 4 atom stereocenters. The van der Waals surface area contributed by atoms with Crippen LogP contribution in [-0.4, -0.2) is 26.4 Å². The molecule has 4 heteroatoms. The van der Waals surface area contributed by atoms with Crippen LogP contribution >= 0.6 is 0 Å². The largest absolute Gasteiger partial charge is 0.489 e. The molecule has 5 rings (SSSR count). The lowest BCUT2D eigenvalue weighted by molar-refractivity contribution is 0.218. The van der Waals surface area contributed by atoms with Gasteiger partial charge in [-0.05, 0) is 106 Å². The van der Waals surface area contributed by atoms with Gasteiger partial charge in [-0.25, -0.2) is 0 Å². The van der Waals surface area contributed by atoms with Crippen molar-refractivity contribution in [1.29, 1.82) is 0 Å². The summed E-state index contributed by atoms with van der Waals surface area (Å²) in [6.07, 6.45) is 4.24. The van der Waals surface area contributed by atoms with Crippen molar-refractivity contribution in [3.8, 4) is 45.3 Å². The van der Waals surface area contributed by atoms with Crippen LogP contribution in [0.3, 0.4) is 0 Å². The fourth-order valence-electron chi connectivity index (χ4n) is 6.26. The SMILES string of the molecule is CCC(C)COc1ccc(-c2c(-c3ccc(OCC(C)CC)c(OCC(C)CC)c3)c3ccc(C)cc3c3cc(C)ccc23)cc1OCC(C)CC. The Kier molecular flexibility index (Phi) is 13.5. The molecule has 0 N–H and O–H groups in total. The van der Waals surface area contributed by atoms with Crippen LogP contribution in [0.2, 0.25) is 0 Å². The fraction of sp³-hybridized carbons (Fsp3) is 0.458. The number of ether oxygens (including phenoxy) is 4. The normalized spacial score (nSPS) is 13.9. The van der Waals surface area contributed by atoms with Gasteiger partial charge in [0.1, 0.15) is 0 Å². The number of benzene rings is 5. The highest BCUT2D eigenvalue weighted by Crippen LogP contribution is 2.48. The molecule has 0 aliphatic rings. The Morgan fingerprint density at radius 1 is 0.385 bits per heavy atom. The maximum atomic E-state index is 6.59. The Hall–Kier alpha value is -4.18. The van der Waals surface area contributed by atoms with Gasteiger partial charge in [0.05, 0.1) is 26.4 Å². The van der Waals surface area contributed by atoms with Crippen LogP contribution < -0.4 is 18.9 Å². The Labute approximate surface area is 313 Å². The van der Waals surface area contributed by atoms with Gasteiger partial charge in [0, 0.05) is 0 Å². The lowest BCUT2D eigenvalue weighted by atomic mass is 9.84. The van der Waals surface area contributed by atoms with Gasteiger partial charge in [0.15, 0.2) is 23.0 Å². The topological polar surface area (TPSA) is 36.9 Å². The predicted molar refractivity (Wildman–Crippen MR) is 222 cm³/mol. The quantitative estimate of drug-likeness (QED) is 0.0852. The number of rotatable bonds is 18. The van der Waals surface area contributed by atoms with E-state index in [0.29, 0.717) is 50.1 Å². The lowest BCUT2D eigenvalue weighted by Gasteiger charge is -2.22. The van der Waals surface area contributed by atoms with Crippen LogP contribution in [0.5, 0.6) is 23.0 Å². The second-order valence-electron chi connectivity index (χ2n) is 15.5. The van der Waals surface area contributed by atoms with Crippen LogP contribution in [0.15, 0.2) is 72.8 Å². The first kappa shape index (κ1) is 39.0. The average Bonchev–Trinajstić information content (AvgIpc) is 3.16. The van der Waals surface area contributed by atoms with Crippen LogP contribution in [0, 0.1) is 37.5 Å². The smallest absolute Gasteiger partial charge is 0.161 e. The van der Waals surface area contributed by atoms with E-state index in [4.69, 9.17) is 18.9 Å². The third-order valence-electron chi connectivity index (χ3n) is 10.8. The Balaban J connectivity index is 1.79. The Bertz CT molecular complexity index is 1800. The van der Waals surface area contributed by atoms with Crippen LogP contribution in [0.25, 0.3) is 43.8 Å². The first-order valence-corrected chi connectivity index (χ1v) is 19.8. The highest BCUT2D eigenvalue weighted by atomic mass is 16.5. The molecule has 0 amide bonds. The zero-order valence-electron chi connectivity index (χ0n) is 33.5. The minimum absolute atomic E-state index is 0.434. The third-order valence-corrected chi connectivity index (χ3v) is 10.8. The summed E-state index contributed by atoms with van der Waals surface area (Å²) in [5.74, 6) is 4.97. The summed E-state index contributed by atoms with van der Waals surface area (Å²) in [6.45, 7) is 24.7. The van der Waals surface area contributed by atoms with Crippen LogP contribution in [-0.2, 0) is 0 Å². The number of hydrogen-bond acceptors (Lipinski definition) is 4. The molecule has 0 saturated heterocycles. The van der Waals surface area contributed by atoms with Gasteiger partial charge < -0.3 is 18.9 Å². The first-order valence-electron chi connectivity index (χ1n) is 19.8. The van der Waals surface area contributed by atoms with Crippen LogP contribution in [0.1, 0.15) is 92.2 Å². The van der Waals surface area contributed by atoms with E-state index < -0.39 is 0 Å². The molecule has 0 aliphatic heterocycles. The molecule has 4 nitrogen and oxygen atoms in total. The predicted octanol–water partition coefficient (Wildman–Crippen LogP) is 13.6. The lowest BCUT2D eigenvalue weighted by Crippen LogP contribution is -2.11. The highest BCUT2D eigenvalue weighted by Gasteiger charge is 2.22. The summed E-state index contributed by atoms with van der Waals surface area (Å²) in [5.41, 5.74) is 7.03. The summed E-state index contributed by atoms with van der Waals surface area (Å²) in [5, 5.41) is 4.91. The maximum Gasteiger partial charge on any atom is 0.161 e. The van der Waals surface area contributed by atoms with Gasteiger partial charge in [-0.1, -0.05) is 141 Å². The molecule has 278 valence electrons. The molecule has 5 aromatic carbocycles. The van der Waals surface area contributed by atoms with Crippen molar-refractivity contribution in [1.82, 2.24) is 0 Å².